The van der Waals surface area contributed by atoms with Gasteiger partial charge >= 0.3 is 0 Å². The monoisotopic (exact) mass is 193 g/mol. The van der Waals surface area contributed by atoms with Crippen molar-refractivity contribution in [1.29, 1.82) is 0 Å². The smallest absolute Gasteiger partial charge is 0.126 e. The average Bonchev–Trinajstić information content (AvgIpc) is 2.60. The molecule has 1 aromatic carbocycles. The van der Waals surface area contributed by atoms with Crippen LogP contribution in [0.4, 0.5) is 0 Å². The number of ether oxygens (including phenoxy) is 2. The van der Waals surface area contributed by atoms with E-state index in [2.05, 4.69) is 0 Å². The normalized spacial score (nSPS) is 21.2. The molecular formula is C11H15NO2. The average molecular weight is 193 g/mol. The van der Waals surface area contributed by atoms with Crippen molar-refractivity contribution < 1.29 is 9.47 Å². The highest BCUT2D eigenvalue weighted by atomic mass is 16.5. The molecule has 0 saturated heterocycles. The number of nitrogens with two attached hydrogens (primary N) is 1. The Morgan fingerprint density at radius 1 is 1.57 bits per heavy atom. The molecule has 2 rings (SSSR count). The van der Waals surface area contributed by atoms with Crippen molar-refractivity contribution in [3.05, 3.63) is 23.8 Å². The molecule has 0 radical (unpaired) electrons. The number of benzene rings is 1. The second kappa shape index (κ2) is 3.50. The van der Waals surface area contributed by atoms with Crippen molar-refractivity contribution in [2.75, 3.05) is 7.11 Å². The van der Waals surface area contributed by atoms with Crippen LogP contribution in [0.25, 0.3) is 0 Å². The summed E-state index contributed by atoms with van der Waals surface area (Å²) in [7, 11) is 1.68. The minimum atomic E-state index is 0.0482. The van der Waals surface area contributed by atoms with Crippen molar-refractivity contribution in [2.24, 2.45) is 5.73 Å². The minimum absolute atomic E-state index is 0.0482. The Hall–Kier alpha value is -1.22. The molecular weight excluding hydrogens is 178 g/mol. The maximum Gasteiger partial charge on any atom is 0.126 e. The van der Waals surface area contributed by atoms with Gasteiger partial charge in [0.15, 0.2) is 0 Å². The van der Waals surface area contributed by atoms with Gasteiger partial charge in [-0.05, 0) is 19.1 Å². The van der Waals surface area contributed by atoms with E-state index < -0.39 is 0 Å². The fourth-order valence-corrected chi connectivity index (χ4v) is 1.75. The predicted molar refractivity (Wildman–Crippen MR) is 54.8 cm³/mol. The summed E-state index contributed by atoms with van der Waals surface area (Å²) in [5.74, 6) is 1.80. The summed E-state index contributed by atoms with van der Waals surface area (Å²) < 4.78 is 11.0. The summed E-state index contributed by atoms with van der Waals surface area (Å²) in [6.45, 7) is 1.96. The maximum atomic E-state index is 5.80. The highest BCUT2D eigenvalue weighted by molar-refractivity contribution is 5.47. The van der Waals surface area contributed by atoms with E-state index in [-0.39, 0.29) is 12.1 Å². The molecule has 3 heteroatoms. The molecule has 0 amide bonds. The highest BCUT2D eigenvalue weighted by Gasteiger charge is 2.28. The van der Waals surface area contributed by atoms with Gasteiger partial charge in [0.25, 0.3) is 0 Å². The van der Waals surface area contributed by atoms with Gasteiger partial charge in [-0.25, -0.2) is 0 Å². The van der Waals surface area contributed by atoms with E-state index >= 15 is 0 Å². The zero-order chi connectivity index (χ0) is 10.1. The fourth-order valence-electron chi connectivity index (χ4n) is 1.75. The number of hydrogen-bond acceptors (Lipinski definition) is 3. The van der Waals surface area contributed by atoms with Gasteiger partial charge < -0.3 is 15.2 Å². The largest absolute Gasteiger partial charge is 0.496 e. The molecule has 0 bridgehead atoms. The molecule has 0 fully saturated rings. The van der Waals surface area contributed by atoms with E-state index in [1.54, 1.807) is 7.11 Å². The number of fused-ring (bicyclic) bond motifs is 1. The van der Waals surface area contributed by atoms with Crippen LogP contribution in [0.3, 0.4) is 0 Å². The van der Waals surface area contributed by atoms with E-state index in [4.69, 9.17) is 15.2 Å². The van der Waals surface area contributed by atoms with Crippen LogP contribution in [0.5, 0.6) is 11.5 Å². The SMILES string of the molecule is COc1cccc2c1CC(C(C)N)O2. The first-order chi connectivity index (χ1) is 6.72. The van der Waals surface area contributed by atoms with Gasteiger partial charge in [-0.15, -0.1) is 0 Å². The van der Waals surface area contributed by atoms with Gasteiger partial charge in [0.2, 0.25) is 0 Å². The lowest BCUT2D eigenvalue weighted by Gasteiger charge is -2.13. The maximum absolute atomic E-state index is 5.80. The first kappa shape index (κ1) is 9.34. The summed E-state index contributed by atoms with van der Waals surface area (Å²) in [5, 5.41) is 0. The van der Waals surface area contributed by atoms with Crippen LogP contribution in [-0.2, 0) is 6.42 Å². The summed E-state index contributed by atoms with van der Waals surface area (Å²) in [6, 6.07) is 5.89. The molecule has 76 valence electrons. The summed E-state index contributed by atoms with van der Waals surface area (Å²) in [6.07, 6.45) is 0.929. The van der Waals surface area contributed by atoms with E-state index in [9.17, 15) is 0 Å². The summed E-state index contributed by atoms with van der Waals surface area (Å²) in [5.41, 5.74) is 6.94. The third kappa shape index (κ3) is 1.44. The first-order valence-electron chi connectivity index (χ1n) is 4.80. The molecule has 3 nitrogen and oxygen atoms in total. The topological polar surface area (TPSA) is 44.5 Å². The van der Waals surface area contributed by atoms with Crippen LogP contribution in [0, 0.1) is 0 Å². The molecule has 0 spiro atoms. The number of hydrogen-bond donors (Lipinski definition) is 1. The summed E-state index contributed by atoms with van der Waals surface area (Å²) in [4.78, 5) is 0. The van der Waals surface area contributed by atoms with Gasteiger partial charge in [0.1, 0.15) is 17.6 Å². The molecule has 2 N–H and O–H groups in total. The van der Waals surface area contributed by atoms with E-state index in [1.165, 1.54) is 0 Å². The molecule has 1 aliphatic rings. The molecule has 2 unspecified atom stereocenters. The predicted octanol–water partition coefficient (Wildman–Crippen LogP) is 1.35. The van der Waals surface area contributed by atoms with Crippen LogP contribution >= 0.6 is 0 Å². The van der Waals surface area contributed by atoms with Crippen LogP contribution in [-0.4, -0.2) is 19.3 Å². The van der Waals surface area contributed by atoms with Gasteiger partial charge in [0, 0.05) is 18.0 Å². The van der Waals surface area contributed by atoms with Gasteiger partial charge in [-0.1, -0.05) is 6.07 Å². The standard InChI is InChI=1S/C11H15NO2/c1-7(12)11-6-8-9(13-2)4-3-5-10(8)14-11/h3-5,7,11H,6,12H2,1-2H3. The lowest BCUT2D eigenvalue weighted by molar-refractivity contribution is 0.206. The Labute approximate surface area is 83.8 Å². The van der Waals surface area contributed by atoms with Crippen LogP contribution < -0.4 is 15.2 Å². The van der Waals surface area contributed by atoms with Gasteiger partial charge in [-0.3, -0.25) is 0 Å². The van der Waals surface area contributed by atoms with Crippen molar-refractivity contribution in [1.82, 2.24) is 0 Å². The van der Waals surface area contributed by atoms with Crippen LogP contribution in [0.2, 0.25) is 0 Å². The Morgan fingerprint density at radius 3 is 3.00 bits per heavy atom. The van der Waals surface area contributed by atoms with E-state index in [0.29, 0.717) is 0 Å². The van der Waals surface area contributed by atoms with Gasteiger partial charge in [-0.2, -0.15) is 0 Å². The zero-order valence-corrected chi connectivity index (χ0v) is 8.49. The van der Waals surface area contributed by atoms with E-state index in [1.807, 2.05) is 25.1 Å². The molecule has 14 heavy (non-hydrogen) atoms. The lowest BCUT2D eigenvalue weighted by atomic mass is 10.1. The Balaban J connectivity index is 2.30. The Bertz CT molecular complexity index is 336. The quantitative estimate of drug-likeness (QED) is 0.771. The molecule has 2 atom stereocenters. The minimum Gasteiger partial charge on any atom is -0.496 e. The van der Waals surface area contributed by atoms with Crippen LogP contribution in [0.1, 0.15) is 12.5 Å². The molecule has 0 saturated carbocycles. The lowest BCUT2D eigenvalue weighted by Crippen LogP contribution is -2.34. The molecule has 1 aliphatic heterocycles. The molecule has 0 aliphatic carbocycles. The van der Waals surface area contributed by atoms with Crippen molar-refractivity contribution in [3.63, 3.8) is 0 Å². The molecule has 1 heterocycles. The Morgan fingerprint density at radius 2 is 2.36 bits per heavy atom. The Kier molecular flexibility index (Phi) is 2.33. The second-order valence-electron chi connectivity index (χ2n) is 3.66. The second-order valence-corrected chi connectivity index (χ2v) is 3.66. The van der Waals surface area contributed by atoms with Gasteiger partial charge in [0.05, 0.1) is 7.11 Å². The third-order valence-corrected chi connectivity index (χ3v) is 2.58. The molecule has 0 aromatic heterocycles. The number of rotatable bonds is 2. The van der Waals surface area contributed by atoms with Crippen LogP contribution in [0.15, 0.2) is 18.2 Å². The van der Waals surface area contributed by atoms with E-state index in [0.717, 1.165) is 23.5 Å². The number of methoxy groups -OCH3 is 1. The molecule has 1 aromatic rings. The zero-order valence-electron chi connectivity index (χ0n) is 8.49. The van der Waals surface area contributed by atoms with Crippen molar-refractivity contribution in [3.8, 4) is 11.5 Å². The highest BCUT2D eigenvalue weighted by Crippen LogP contribution is 2.36. The summed E-state index contributed by atoms with van der Waals surface area (Å²) >= 11 is 0. The van der Waals surface area contributed by atoms with Crippen molar-refractivity contribution in [2.45, 2.75) is 25.5 Å². The first-order valence-corrected chi connectivity index (χ1v) is 4.80. The third-order valence-electron chi connectivity index (χ3n) is 2.58. The van der Waals surface area contributed by atoms with Crippen molar-refractivity contribution >= 4 is 0 Å². The fraction of sp³-hybridized carbons (Fsp3) is 0.455.